The Bertz CT molecular complexity index is 557. The van der Waals surface area contributed by atoms with E-state index in [1.165, 1.54) is 0 Å². The first-order valence-corrected chi connectivity index (χ1v) is 6.96. The monoisotopic (exact) mass is 289 g/mol. The van der Waals surface area contributed by atoms with Gasteiger partial charge >= 0.3 is 0 Å². The van der Waals surface area contributed by atoms with Crippen LogP contribution in [0.3, 0.4) is 0 Å². The van der Waals surface area contributed by atoms with Gasteiger partial charge in [-0.15, -0.1) is 0 Å². The molecule has 2 rings (SSSR count). The average molecular weight is 289 g/mol. The predicted molar refractivity (Wildman–Crippen MR) is 77.7 cm³/mol. The number of ether oxygens (including phenoxy) is 1. The fraction of sp³-hybridized carbons (Fsp3) is 0.400. The first-order valence-electron chi connectivity index (χ1n) is 6.96. The van der Waals surface area contributed by atoms with Crippen LogP contribution in [0.1, 0.15) is 30.1 Å². The third kappa shape index (κ3) is 3.59. The number of hydrogen-bond donors (Lipinski definition) is 2. The maximum absolute atomic E-state index is 12.4. The highest BCUT2D eigenvalue weighted by Crippen LogP contribution is 2.21. The van der Waals surface area contributed by atoms with Gasteiger partial charge in [0.05, 0.1) is 12.5 Å². The Balaban J connectivity index is 2.14. The fourth-order valence-corrected chi connectivity index (χ4v) is 2.35. The normalized spacial score (nSPS) is 20.8. The van der Waals surface area contributed by atoms with Crippen LogP contribution in [-0.4, -0.2) is 29.4 Å². The maximum Gasteiger partial charge on any atom is 0.257 e. The smallest absolute Gasteiger partial charge is 0.257 e. The molecule has 112 valence electrons. The lowest BCUT2D eigenvalue weighted by molar-refractivity contribution is -0.122. The summed E-state index contributed by atoms with van der Waals surface area (Å²) in [5, 5.41) is 2.85. The van der Waals surface area contributed by atoms with Gasteiger partial charge in [-0.3, -0.25) is 9.59 Å². The Morgan fingerprint density at radius 3 is 2.90 bits per heavy atom. The number of nitrogens with two attached hydrogens (primary N) is 1. The van der Waals surface area contributed by atoms with Gasteiger partial charge < -0.3 is 15.8 Å². The first kappa shape index (κ1) is 15.0. The van der Waals surface area contributed by atoms with Crippen LogP contribution < -0.4 is 15.8 Å². The van der Waals surface area contributed by atoms with Crippen molar-refractivity contribution < 1.29 is 14.3 Å². The van der Waals surface area contributed by atoms with Gasteiger partial charge in [0, 0.05) is 12.2 Å². The van der Waals surface area contributed by atoms with Gasteiger partial charge in [0.15, 0.2) is 0 Å². The highest BCUT2D eigenvalue weighted by molar-refractivity contribution is 5.96. The number of nitrogens with one attached hydrogen (secondary N) is 1. The summed E-state index contributed by atoms with van der Waals surface area (Å²) in [6.45, 7) is 2.25. The highest BCUT2D eigenvalue weighted by Gasteiger charge is 2.29. The minimum absolute atomic E-state index is 0.291. The summed E-state index contributed by atoms with van der Waals surface area (Å²) in [4.78, 5) is 27.9. The maximum atomic E-state index is 12.4. The lowest BCUT2D eigenvalue weighted by Crippen LogP contribution is -2.46. The van der Waals surface area contributed by atoms with Crippen molar-refractivity contribution in [3.05, 3.63) is 36.0 Å². The van der Waals surface area contributed by atoms with Gasteiger partial charge in [-0.1, -0.05) is 12.2 Å². The van der Waals surface area contributed by atoms with Crippen molar-refractivity contribution in [3.8, 4) is 5.88 Å². The minimum atomic E-state index is -0.402. The van der Waals surface area contributed by atoms with E-state index < -0.39 is 5.91 Å². The van der Waals surface area contributed by atoms with Crippen LogP contribution in [-0.2, 0) is 4.79 Å². The number of primary amides is 1. The second kappa shape index (κ2) is 6.88. The molecule has 0 fully saturated rings. The van der Waals surface area contributed by atoms with Crippen LogP contribution in [0.25, 0.3) is 0 Å². The number of allylic oxidation sites excluding steroid dienone is 1. The van der Waals surface area contributed by atoms with E-state index >= 15 is 0 Å². The molecule has 2 amide bonds. The summed E-state index contributed by atoms with van der Waals surface area (Å²) in [5.41, 5.74) is 5.75. The van der Waals surface area contributed by atoms with Crippen molar-refractivity contribution in [1.82, 2.24) is 10.3 Å². The molecule has 6 nitrogen and oxygen atoms in total. The van der Waals surface area contributed by atoms with Crippen molar-refractivity contribution in [1.29, 1.82) is 0 Å². The van der Waals surface area contributed by atoms with E-state index in [0.717, 1.165) is 0 Å². The van der Waals surface area contributed by atoms with Gasteiger partial charge in [-0.25, -0.2) is 4.98 Å². The van der Waals surface area contributed by atoms with Gasteiger partial charge in [0.1, 0.15) is 5.56 Å². The molecule has 0 spiro atoms. The Kier molecular flexibility index (Phi) is 4.92. The second-order valence-electron chi connectivity index (χ2n) is 4.82. The van der Waals surface area contributed by atoms with E-state index in [9.17, 15) is 9.59 Å². The summed E-state index contributed by atoms with van der Waals surface area (Å²) in [6.07, 6.45) is 6.55. The van der Waals surface area contributed by atoms with E-state index in [-0.39, 0.29) is 17.9 Å². The van der Waals surface area contributed by atoms with E-state index in [2.05, 4.69) is 10.3 Å². The second-order valence-corrected chi connectivity index (χ2v) is 4.82. The van der Waals surface area contributed by atoms with Crippen molar-refractivity contribution >= 4 is 11.8 Å². The summed E-state index contributed by atoms with van der Waals surface area (Å²) >= 11 is 0. The third-order valence-electron chi connectivity index (χ3n) is 3.41. The number of pyridine rings is 1. The molecule has 0 saturated carbocycles. The minimum Gasteiger partial charge on any atom is -0.477 e. The summed E-state index contributed by atoms with van der Waals surface area (Å²) in [6, 6.07) is 3.02. The molecule has 21 heavy (non-hydrogen) atoms. The zero-order valence-corrected chi connectivity index (χ0v) is 11.9. The highest BCUT2D eigenvalue weighted by atomic mass is 16.5. The fourth-order valence-electron chi connectivity index (χ4n) is 2.35. The third-order valence-corrected chi connectivity index (χ3v) is 3.41. The van der Waals surface area contributed by atoms with Crippen LogP contribution in [0.4, 0.5) is 0 Å². The molecule has 0 aromatic carbocycles. The summed E-state index contributed by atoms with van der Waals surface area (Å²) in [7, 11) is 0. The van der Waals surface area contributed by atoms with Crippen LogP contribution >= 0.6 is 0 Å². The van der Waals surface area contributed by atoms with Crippen molar-refractivity contribution in [2.24, 2.45) is 11.7 Å². The molecule has 0 unspecified atom stereocenters. The zero-order chi connectivity index (χ0) is 15.2. The zero-order valence-electron chi connectivity index (χ0n) is 11.9. The lowest BCUT2D eigenvalue weighted by atomic mass is 9.88. The molecule has 0 aliphatic heterocycles. The number of carbonyl (C=O) groups is 2. The molecular weight excluding hydrogens is 270 g/mol. The molecule has 1 heterocycles. The average Bonchev–Trinajstić information content (AvgIpc) is 2.48. The van der Waals surface area contributed by atoms with Gasteiger partial charge in [-0.05, 0) is 31.9 Å². The Morgan fingerprint density at radius 2 is 2.19 bits per heavy atom. The molecule has 2 atom stereocenters. The standard InChI is InChI=1S/C15H19N3O3/c1-2-21-15-11(7-5-9-17-15)14(20)18-12-8-4-3-6-10(12)13(16)19/h3-5,7,9-10,12H,2,6,8H2,1H3,(H2,16,19)(H,18,20)/t10-,12-/m1/s1. The van der Waals surface area contributed by atoms with Crippen molar-refractivity contribution in [3.63, 3.8) is 0 Å². The van der Waals surface area contributed by atoms with Crippen molar-refractivity contribution in [2.75, 3.05) is 6.61 Å². The first-order chi connectivity index (χ1) is 10.1. The molecule has 0 saturated heterocycles. The van der Waals surface area contributed by atoms with Crippen LogP contribution in [0, 0.1) is 5.92 Å². The predicted octanol–water partition coefficient (Wildman–Crippen LogP) is 1.03. The number of amides is 2. The molecule has 3 N–H and O–H groups in total. The SMILES string of the molecule is CCOc1ncccc1C(=O)N[C@@H]1CC=CC[C@H]1C(N)=O. The topological polar surface area (TPSA) is 94.3 Å². The van der Waals surface area contributed by atoms with E-state index in [0.29, 0.717) is 30.9 Å². The molecule has 0 bridgehead atoms. The van der Waals surface area contributed by atoms with Crippen LogP contribution in [0.2, 0.25) is 0 Å². The van der Waals surface area contributed by atoms with Gasteiger partial charge in [0.2, 0.25) is 11.8 Å². The molecule has 0 radical (unpaired) electrons. The quantitative estimate of drug-likeness (QED) is 0.792. The number of hydrogen-bond acceptors (Lipinski definition) is 4. The van der Waals surface area contributed by atoms with E-state index in [1.807, 2.05) is 19.1 Å². The molecule has 1 aliphatic carbocycles. The summed E-state index contributed by atoms with van der Waals surface area (Å²) in [5.74, 6) is -0.801. The summed E-state index contributed by atoms with van der Waals surface area (Å²) < 4.78 is 5.34. The Hall–Kier alpha value is -2.37. The van der Waals surface area contributed by atoms with Gasteiger partial charge in [0.25, 0.3) is 5.91 Å². The molecular formula is C15H19N3O3. The molecule has 1 aromatic heterocycles. The Labute approximate surface area is 123 Å². The molecule has 6 heteroatoms. The lowest BCUT2D eigenvalue weighted by Gasteiger charge is -2.27. The number of nitrogens with zero attached hydrogens (tertiary/aromatic N) is 1. The van der Waals surface area contributed by atoms with E-state index in [1.54, 1.807) is 18.3 Å². The molecule has 1 aromatic rings. The number of rotatable bonds is 5. The largest absolute Gasteiger partial charge is 0.477 e. The Morgan fingerprint density at radius 1 is 1.43 bits per heavy atom. The number of aromatic nitrogens is 1. The van der Waals surface area contributed by atoms with Crippen LogP contribution in [0.15, 0.2) is 30.5 Å². The van der Waals surface area contributed by atoms with Gasteiger partial charge in [-0.2, -0.15) is 0 Å². The molecule has 1 aliphatic rings. The van der Waals surface area contributed by atoms with Crippen LogP contribution in [0.5, 0.6) is 5.88 Å². The van der Waals surface area contributed by atoms with E-state index in [4.69, 9.17) is 10.5 Å². The number of carbonyl (C=O) groups excluding carboxylic acids is 2. The van der Waals surface area contributed by atoms with Crippen molar-refractivity contribution in [2.45, 2.75) is 25.8 Å².